The second-order valence-corrected chi connectivity index (χ2v) is 7.11. The summed E-state index contributed by atoms with van der Waals surface area (Å²) < 4.78 is 81.5. The zero-order valence-electron chi connectivity index (χ0n) is 14.5. The first-order valence-electron chi connectivity index (χ1n) is 7.84. The molecule has 26 heavy (non-hydrogen) atoms. The van der Waals surface area contributed by atoms with Crippen molar-refractivity contribution in [1.29, 1.82) is 0 Å². The molecule has 1 aliphatic rings. The van der Waals surface area contributed by atoms with Crippen molar-refractivity contribution in [3.63, 3.8) is 0 Å². The van der Waals surface area contributed by atoms with Crippen LogP contribution < -0.4 is 10.2 Å². The fourth-order valence-corrected chi connectivity index (χ4v) is 2.75. The molecule has 1 aliphatic heterocycles. The zero-order chi connectivity index (χ0) is 19.5. The van der Waals surface area contributed by atoms with Crippen molar-refractivity contribution >= 4 is 23.4 Å². The number of fused-ring (bicyclic) bond motifs is 1. The quantitative estimate of drug-likeness (QED) is 0.579. The lowest BCUT2D eigenvalue weighted by molar-refractivity contribution is -0.274. The van der Waals surface area contributed by atoms with Crippen molar-refractivity contribution in [3.05, 3.63) is 35.9 Å². The highest BCUT2D eigenvalue weighted by Crippen LogP contribution is 2.38. The van der Waals surface area contributed by atoms with Gasteiger partial charge in [0.2, 0.25) is 0 Å². The molecule has 0 radical (unpaired) electrons. The maximum atomic E-state index is 14.4. The lowest BCUT2D eigenvalue weighted by Crippen LogP contribution is -2.41. The Morgan fingerprint density at radius 1 is 0.962 bits per heavy atom. The summed E-state index contributed by atoms with van der Waals surface area (Å²) in [5.74, 6) is -2.88. The summed E-state index contributed by atoms with van der Waals surface area (Å²) in [4.78, 5) is 0. The normalized spacial score (nSPS) is 19.2. The van der Waals surface area contributed by atoms with E-state index in [2.05, 4.69) is 4.74 Å². The molecule has 2 aromatic rings. The second kappa shape index (κ2) is 5.82. The van der Waals surface area contributed by atoms with E-state index in [9.17, 15) is 22.0 Å². The first kappa shape index (κ1) is 18.9. The van der Waals surface area contributed by atoms with Gasteiger partial charge in [-0.15, -0.1) is 13.2 Å². The van der Waals surface area contributed by atoms with Crippen molar-refractivity contribution in [3.8, 4) is 5.75 Å². The molecule has 1 saturated heterocycles. The average molecular weight is 374 g/mol. The lowest BCUT2D eigenvalue weighted by Gasteiger charge is -2.32. The highest BCUT2D eigenvalue weighted by molar-refractivity contribution is 6.65. The number of ether oxygens (including phenoxy) is 1. The van der Waals surface area contributed by atoms with Gasteiger partial charge in [-0.1, -0.05) is 6.07 Å². The Kier molecular flexibility index (Phi) is 4.23. The van der Waals surface area contributed by atoms with Crippen molar-refractivity contribution in [2.45, 2.75) is 45.3 Å². The van der Waals surface area contributed by atoms with Crippen molar-refractivity contribution in [1.82, 2.24) is 0 Å². The third-order valence-corrected chi connectivity index (χ3v) is 4.75. The van der Waals surface area contributed by atoms with E-state index >= 15 is 0 Å². The molecule has 2 aromatic carbocycles. The molecule has 3 rings (SSSR count). The third-order valence-electron chi connectivity index (χ3n) is 4.75. The number of rotatable bonds is 2. The van der Waals surface area contributed by atoms with Crippen molar-refractivity contribution in [2.24, 2.45) is 0 Å². The number of benzene rings is 2. The summed E-state index contributed by atoms with van der Waals surface area (Å²) in [6, 6.07) is 3.95. The predicted molar refractivity (Wildman–Crippen MR) is 86.3 cm³/mol. The smallest absolute Gasteiger partial charge is 0.406 e. The van der Waals surface area contributed by atoms with Crippen molar-refractivity contribution < 1.29 is 36.0 Å². The fraction of sp³-hybridized carbons (Fsp3) is 0.412. The Morgan fingerprint density at radius 2 is 1.54 bits per heavy atom. The Balaban J connectivity index is 2.20. The van der Waals surface area contributed by atoms with Gasteiger partial charge < -0.3 is 14.0 Å². The van der Waals surface area contributed by atoms with Gasteiger partial charge in [0.1, 0.15) is 5.75 Å². The standard InChI is InChI=1S/C17H16BF5O3/c1-15(2)16(3,4)26-18(25-15)11-8-10(24-17(21,22)23)7-9-5-6-12(19)14(20)13(9)11/h5-8H,1-4H3. The van der Waals surface area contributed by atoms with Gasteiger partial charge in [0.05, 0.1) is 11.2 Å². The molecule has 0 atom stereocenters. The minimum absolute atomic E-state index is 0.0374. The van der Waals surface area contributed by atoms with Gasteiger partial charge in [-0.2, -0.15) is 0 Å². The largest absolute Gasteiger partial charge is 0.573 e. The molecule has 0 aliphatic carbocycles. The SMILES string of the molecule is CC1(C)OB(c2cc(OC(F)(F)F)cc3ccc(F)c(F)c23)OC1(C)C. The molecule has 3 nitrogen and oxygen atoms in total. The number of halogens is 5. The van der Waals surface area contributed by atoms with Gasteiger partial charge >= 0.3 is 13.5 Å². The van der Waals surface area contributed by atoms with E-state index < -0.39 is 42.1 Å². The van der Waals surface area contributed by atoms with Crippen LogP contribution in [0.5, 0.6) is 5.75 Å². The summed E-state index contributed by atoms with van der Waals surface area (Å²) in [5.41, 5.74) is -1.69. The van der Waals surface area contributed by atoms with Gasteiger partial charge in [0.15, 0.2) is 11.6 Å². The number of hydrogen-bond donors (Lipinski definition) is 0. The number of hydrogen-bond acceptors (Lipinski definition) is 3. The summed E-state index contributed by atoms with van der Waals surface area (Å²) in [5, 5.41) is -0.173. The van der Waals surface area contributed by atoms with Crippen LogP contribution in [0, 0.1) is 11.6 Å². The lowest BCUT2D eigenvalue weighted by atomic mass is 9.75. The van der Waals surface area contributed by atoms with E-state index in [1.165, 1.54) is 6.07 Å². The van der Waals surface area contributed by atoms with Crippen LogP contribution in [-0.4, -0.2) is 24.7 Å². The van der Waals surface area contributed by atoms with E-state index in [0.717, 1.165) is 18.2 Å². The Labute approximate surface area is 147 Å². The minimum atomic E-state index is -4.93. The van der Waals surface area contributed by atoms with Crippen LogP contribution in [-0.2, 0) is 9.31 Å². The maximum Gasteiger partial charge on any atom is 0.573 e. The van der Waals surface area contributed by atoms with Crippen LogP contribution >= 0.6 is 0 Å². The van der Waals surface area contributed by atoms with Gasteiger partial charge in [-0.05, 0) is 56.7 Å². The zero-order valence-corrected chi connectivity index (χ0v) is 14.5. The summed E-state index contributed by atoms with van der Waals surface area (Å²) in [6.07, 6.45) is -4.93. The van der Waals surface area contributed by atoms with E-state index in [0.29, 0.717) is 0 Å². The van der Waals surface area contributed by atoms with E-state index in [4.69, 9.17) is 9.31 Å². The predicted octanol–water partition coefficient (Wildman–Crippen LogP) is 4.32. The molecule has 0 unspecified atom stereocenters. The van der Waals surface area contributed by atoms with Crippen LogP contribution in [0.4, 0.5) is 22.0 Å². The van der Waals surface area contributed by atoms with Gasteiger partial charge in [-0.25, -0.2) is 8.78 Å². The molecule has 0 spiro atoms. The topological polar surface area (TPSA) is 27.7 Å². The molecular formula is C17H16BF5O3. The van der Waals surface area contributed by atoms with Crippen LogP contribution in [0.25, 0.3) is 10.8 Å². The molecule has 0 bridgehead atoms. The van der Waals surface area contributed by atoms with Crippen LogP contribution in [0.15, 0.2) is 24.3 Å². The van der Waals surface area contributed by atoms with E-state index in [1.807, 2.05) is 0 Å². The summed E-state index contributed by atoms with van der Waals surface area (Å²) in [6.45, 7) is 6.95. The van der Waals surface area contributed by atoms with Gasteiger partial charge in [0, 0.05) is 5.39 Å². The second-order valence-electron chi connectivity index (χ2n) is 7.11. The Bertz CT molecular complexity index is 848. The minimum Gasteiger partial charge on any atom is -0.406 e. The van der Waals surface area contributed by atoms with Crippen LogP contribution in [0.1, 0.15) is 27.7 Å². The summed E-state index contributed by atoms with van der Waals surface area (Å²) in [7, 11) is -1.18. The summed E-state index contributed by atoms with van der Waals surface area (Å²) >= 11 is 0. The van der Waals surface area contributed by atoms with E-state index in [1.54, 1.807) is 27.7 Å². The third kappa shape index (κ3) is 3.25. The molecule has 0 N–H and O–H groups in total. The molecule has 0 aromatic heterocycles. The first-order chi connectivity index (χ1) is 11.8. The van der Waals surface area contributed by atoms with E-state index in [-0.39, 0.29) is 16.2 Å². The fourth-order valence-electron chi connectivity index (χ4n) is 2.75. The molecular weight excluding hydrogens is 358 g/mol. The Morgan fingerprint density at radius 3 is 2.08 bits per heavy atom. The van der Waals surface area contributed by atoms with Crippen LogP contribution in [0.3, 0.4) is 0 Å². The molecule has 1 fully saturated rings. The van der Waals surface area contributed by atoms with Crippen LogP contribution in [0.2, 0.25) is 0 Å². The highest BCUT2D eigenvalue weighted by atomic mass is 19.4. The molecule has 0 amide bonds. The maximum absolute atomic E-state index is 14.4. The van der Waals surface area contributed by atoms with Gasteiger partial charge in [-0.3, -0.25) is 0 Å². The number of alkyl halides is 3. The van der Waals surface area contributed by atoms with Crippen molar-refractivity contribution in [2.75, 3.05) is 0 Å². The monoisotopic (exact) mass is 374 g/mol. The molecule has 9 heteroatoms. The molecule has 0 saturated carbocycles. The highest BCUT2D eigenvalue weighted by Gasteiger charge is 2.52. The molecule has 140 valence electrons. The average Bonchev–Trinajstić information content (AvgIpc) is 2.69. The van der Waals surface area contributed by atoms with Gasteiger partial charge in [0.25, 0.3) is 0 Å². The molecule has 1 heterocycles. The Hall–Kier alpha value is -1.87. The first-order valence-corrected chi connectivity index (χ1v) is 7.84.